The second kappa shape index (κ2) is 6.51. The van der Waals surface area contributed by atoms with Crippen molar-refractivity contribution in [3.8, 4) is 0 Å². The van der Waals surface area contributed by atoms with Crippen LogP contribution in [-0.4, -0.2) is 33.4 Å². The quantitative estimate of drug-likeness (QED) is 0.860. The fourth-order valence-corrected chi connectivity index (χ4v) is 1.66. The largest absolute Gasteiger partial charge is 0.450 e. The number of amides is 1. The normalized spacial score (nSPS) is 10.1. The Hall–Kier alpha value is -2.90. The lowest BCUT2D eigenvalue weighted by Crippen LogP contribution is -2.24. The van der Waals surface area contributed by atoms with Crippen LogP contribution in [0.15, 0.2) is 30.6 Å². The van der Waals surface area contributed by atoms with E-state index in [-0.39, 0.29) is 24.9 Å². The number of nitrogens with two attached hydrogens (primary N) is 1. The van der Waals surface area contributed by atoms with E-state index in [0.29, 0.717) is 11.3 Å². The fraction of sp³-hybridized carbons (Fsp3) is 0.231. The molecule has 2 aromatic rings. The highest BCUT2D eigenvalue weighted by Crippen LogP contribution is 2.08. The van der Waals surface area contributed by atoms with E-state index in [9.17, 15) is 9.59 Å². The van der Waals surface area contributed by atoms with Gasteiger partial charge in [0, 0.05) is 17.8 Å². The van der Waals surface area contributed by atoms with Gasteiger partial charge >= 0.3 is 6.09 Å². The van der Waals surface area contributed by atoms with Gasteiger partial charge in [0.05, 0.1) is 25.0 Å². The molecule has 1 amide bonds. The summed E-state index contributed by atoms with van der Waals surface area (Å²) in [5, 5.41) is 6.38. The third-order valence-electron chi connectivity index (χ3n) is 2.62. The van der Waals surface area contributed by atoms with Crippen LogP contribution in [0.3, 0.4) is 0 Å². The van der Waals surface area contributed by atoms with Gasteiger partial charge in [-0.2, -0.15) is 9.78 Å². The van der Waals surface area contributed by atoms with Crippen molar-refractivity contribution in [2.75, 3.05) is 12.3 Å². The lowest BCUT2D eigenvalue weighted by atomic mass is 10.2. The number of carbonyl (C=O) groups excluding carboxylic acids is 2. The molecule has 110 valence electrons. The van der Waals surface area contributed by atoms with E-state index in [1.807, 2.05) is 0 Å². The van der Waals surface area contributed by atoms with Gasteiger partial charge in [-0.05, 0) is 19.1 Å². The molecule has 21 heavy (non-hydrogen) atoms. The van der Waals surface area contributed by atoms with Crippen LogP contribution in [0.4, 0.5) is 10.6 Å². The van der Waals surface area contributed by atoms with Gasteiger partial charge in [-0.1, -0.05) is 0 Å². The molecule has 0 aliphatic carbocycles. The van der Waals surface area contributed by atoms with Crippen LogP contribution in [0.2, 0.25) is 0 Å². The highest BCUT2D eigenvalue weighted by molar-refractivity contribution is 5.96. The van der Waals surface area contributed by atoms with E-state index in [1.165, 1.54) is 18.5 Å². The molecule has 8 nitrogen and oxygen atoms in total. The smallest absolute Gasteiger partial charge is 0.407 e. The van der Waals surface area contributed by atoms with Crippen molar-refractivity contribution in [1.82, 2.24) is 20.1 Å². The summed E-state index contributed by atoms with van der Waals surface area (Å²) in [6, 6.07) is 4.65. The summed E-state index contributed by atoms with van der Waals surface area (Å²) in [4.78, 5) is 27.5. The maximum absolute atomic E-state index is 12.2. The molecule has 0 aromatic carbocycles. The van der Waals surface area contributed by atoms with Crippen LogP contribution in [0.5, 0.6) is 0 Å². The summed E-state index contributed by atoms with van der Waals surface area (Å²) in [6.07, 6.45) is 2.39. The third-order valence-corrected chi connectivity index (χ3v) is 2.62. The number of nitrogens with zero attached hydrogens (tertiary/aromatic N) is 3. The Morgan fingerprint density at radius 3 is 2.86 bits per heavy atom. The number of alkyl carbamates (subject to hydrolysis) is 1. The minimum atomic E-state index is -0.535. The van der Waals surface area contributed by atoms with Crippen LogP contribution < -0.4 is 11.1 Å². The molecule has 0 saturated carbocycles. The van der Waals surface area contributed by atoms with Gasteiger partial charge in [0.15, 0.2) is 0 Å². The Balaban J connectivity index is 2.09. The predicted molar refractivity (Wildman–Crippen MR) is 74.5 cm³/mol. The molecule has 2 aromatic heterocycles. The fourth-order valence-electron chi connectivity index (χ4n) is 1.66. The van der Waals surface area contributed by atoms with Gasteiger partial charge in [0.2, 0.25) is 0 Å². The van der Waals surface area contributed by atoms with E-state index in [0.717, 1.165) is 4.68 Å². The Labute approximate surface area is 120 Å². The van der Waals surface area contributed by atoms with Crippen molar-refractivity contribution in [2.24, 2.45) is 0 Å². The van der Waals surface area contributed by atoms with Crippen LogP contribution in [0.1, 0.15) is 23.0 Å². The Morgan fingerprint density at radius 2 is 2.19 bits per heavy atom. The van der Waals surface area contributed by atoms with Crippen LogP contribution in [0, 0.1) is 0 Å². The predicted octanol–water partition coefficient (Wildman–Crippen LogP) is 0.795. The summed E-state index contributed by atoms with van der Waals surface area (Å²) in [7, 11) is 0. The minimum Gasteiger partial charge on any atom is -0.450 e. The SMILES string of the molecule is CCOC(=O)NCc1cc(C(=O)n2nccc2N)ccn1. The molecule has 0 atom stereocenters. The molecular formula is C13H15N5O3. The van der Waals surface area contributed by atoms with Gasteiger partial charge in [0.25, 0.3) is 5.91 Å². The van der Waals surface area contributed by atoms with E-state index in [2.05, 4.69) is 15.4 Å². The van der Waals surface area contributed by atoms with Crippen LogP contribution >= 0.6 is 0 Å². The maximum Gasteiger partial charge on any atom is 0.407 e. The molecule has 0 aliphatic heterocycles. The minimum absolute atomic E-state index is 0.161. The lowest BCUT2D eigenvalue weighted by molar-refractivity contribution is 0.0947. The summed E-state index contributed by atoms with van der Waals surface area (Å²) >= 11 is 0. The zero-order valence-corrected chi connectivity index (χ0v) is 11.4. The van der Waals surface area contributed by atoms with E-state index < -0.39 is 6.09 Å². The van der Waals surface area contributed by atoms with Crippen molar-refractivity contribution in [2.45, 2.75) is 13.5 Å². The number of carbonyl (C=O) groups is 2. The number of anilines is 1. The number of ether oxygens (including phenoxy) is 1. The van der Waals surface area contributed by atoms with Crippen molar-refractivity contribution in [3.63, 3.8) is 0 Å². The standard InChI is InChI=1S/C13H15N5O3/c1-2-21-13(20)16-8-10-7-9(3-5-15-10)12(19)18-11(14)4-6-17-18/h3-7H,2,8,14H2,1H3,(H,16,20). The average molecular weight is 289 g/mol. The number of hydrogen-bond donors (Lipinski definition) is 2. The van der Waals surface area contributed by atoms with E-state index in [4.69, 9.17) is 10.5 Å². The number of aromatic nitrogens is 3. The zero-order chi connectivity index (χ0) is 15.2. The first-order valence-corrected chi connectivity index (χ1v) is 6.31. The molecular weight excluding hydrogens is 274 g/mol. The van der Waals surface area contributed by atoms with Gasteiger partial charge in [-0.25, -0.2) is 4.79 Å². The van der Waals surface area contributed by atoms with E-state index in [1.54, 1.807) is 19.1 Å². The van der Waals surface area contributed by atoms with Crippen molar-refractivity contribution < 1.29 is 14.3 Å². The molecule has 2 heterocycles. The number of nitrogen functional groups attached to an aromatic ring is 1. The summed E-state index contributed by atoms with van der Waals surface area (Å²) in [6.45, 7) is 2.16. The second-order valence-electron chi connectivity index (χ2n) is 4.08. The molecule has 8 heteroatoms. The molecule has 2 rings (SSSR count). The molecule has 0 aliphatic rings. The first-order valence-electron chi connectivity index (χ1n) is 6.31. The molecule has 0 spiro atoms. The number of nitrogens with one attached hydrogen (secondary N) is 1. The zero-order valence-electron chi connectivity index (χ0n) is 11.4. The Kier molecular flexibility index (Phi) is 4.50. The summed E-state index contributed by atoms with van der Waals surface area (Å²) < 4.78 is 5.84. The summed E-state index contributed by atoms with van der Waals surface area (Å²) in [5.41, 5.74) is 6.54. The van der Waals surface area contributed by atoms with Gasteiger partial charge in [-0.3, -0.25) is 9.78 Å². The highest BCUT2D eigenvalue weighted by atomic mass is 16.5. The Morgan fingerprint density at radius 1 is 1.38 bits per heavy atom. The van der Waals surface area contributed by atoms with Gasteiger partial charge in [0.1, 0.15) is 5.82 Å². The van der Waals surface area contributed by atoms with Gasteiger partial charge in [-0.15, -0.1) is 0 Å². The topological polar surface area (TPSA) is 112 Å². The first kappa shape index (κ1) is 14.5. The first-order chi connectivity index (χ1) is 10.1. The van der Waals surface area contributed by atoms with Crippen molar-refractivity contribution in [1.29, 1.82) is 0 Å². The van der Waals surface area contributed by atoms with Crippen LogP contribution in [-0.2, 0) is 11.3 Å². The number of rotatable bonds is 4. The molecule has 0 fully saturated rings. The molecule has 3 N–H and O–H groups in total. The molecule has 0 saturated heterocycles. The number of pyridine rings is 1. The average Bonchev–Trinajstić information content (AvgIpc) is 2.91. The Bertz CT molecular complexity index is 653. The lowest BCUT2D eigenvalue weighted by Gasteiger charge is -2.07. The number of hydrogen-bond acceptors (Lipinski definition) is 6. The van der Waals surface area contributed by atoms with Gasteiger partial charge < -0.3 is 15.8 Å². The summed E-state index contributed by atoms with van der Waals surface area (Å²) in [5.74, 6) is -0.111. The maximum atomic E-state index is 12.2. The van der Waals surface area contributed by atoms with Crippen molar-refractivity contribution >= 4 is 17.8 Å². The molecule has 0 bridgehead atoms. The molecule has 0 radical (unpaired) electrons. The van der Waals surface area contributed by atoms with Crippen LogP contribution in [0.25, 0.3) is 0 Å². The highest BCUT2D eigenvalue weighted by Gasteiger charge is 2.12. The monoisotopic (exact) mass is 289 g/mol. The third kappa shape index (κ3) is 3.56. The van der Waals surface area contributed by atoms with E-state index >= 15 is 0 Å². The van der Waals surface area contributed by atoms with Crippen molar-refractivity contribution in [3.05, 3.63) is 41.9 Å². The second-order valence-corrected chi connectivity index (χ2v) is 4.08. The molecule has 0 unspecified atom stereocenters.